The van der Waals surface area contributed by atoms with Crippen molar-refractivity contribution in [3.63, 3.8) is 0 Å². The van der Waals surface area contributed by atoms with Crippen LogP contribution in [0.3, 0.4) is 0 Å². The largest absolute Gasteiger partial charge is 0.492 e. The number of esters is 1. The van der Waals surface area contributed by atoms with Gasteiger partial charge in [0.05, 0.1) is 24.8 Å². The first-order valence-corrected chi connectivity index (χ1v) is 16.1. The third-order valence-electron chi connectivity index (χ3n) is 8.60. The summed E-state index contributed by atoms with van der Waals surface area (Å²) in [6, 6.07) is 24.8. The summed E-state index contributed by atoms with van der Waals surface area (Å²) in [5, 5.41) is 5.19. The van der Waals surface area contributed by atoms with Crippen molar-refractivity contribution in [2.24, 2.45) is 0 Å². The number of fused-ring (bicyclic) bond motifs is 4. The number of benzene rings is 4. The van der Waals surface area contributed by atoms with E-state index in [0.717, 1.165) is 55.0 Å². The summed E-state index contributed by atoms with van der Waals surface area (Å²) in [4.78, 5) is 30.8. The first kappa shape index (κ1) is 28.5. The number of hydrogen-bond acceptors (Lipinski definition) is 6. The van der Waals surface area contributed by atoms with Crippen LogP contribution in [-0.2, 0) is 24.0 Å². The summed E-state index contributed by atoms with van der Waals surface area (Å²) in [5.74, 6) is 0.984. The van der Waals surface area contributed by atoms with Crippen LogP contribution < -0.4 is 14.8 Å². The van der Waals surface area contributed by atoms with Crippen LogP contribution >= 0.6 is 15.9 Å². The van der Waals surface area contributed by atoms with E-state index in [4.69, 9.17) is 18.6 Å². The fourth-order valence-electron chi connectivity index (χ4n) is 6.40. The number of aromatic nitrogens is 1. The van der Waals surface area contributed by atoms with Gasteiger partial charge >= 0.3 is 5.97 Å². The zero-order valence-corrected chi connectivity index (χ0v) is 26.3. The number of carbonyl (C=O) groups excluding carboxylic acids is 2. The van der Waals surface area contributed by atoms with Gasteiger partial charge in [-0.1, -0.05) is 52.3 Å². The van der Waals surface area contributed by atoms with Crippen molar-refractivity contribution in [1.29, 1.82) is 0 Å². The monoisotopic (exact) mass is 676 g/mol. The first-order valence-electron chi connectivity index (χ1n) is 15.3. The molecule has 0 unspecified atom stereocenters. The van der Waals surface area contributed by atoms with E-state index >= 15 is 0 Å². The average Bonchev–Trinajstić information content (AvgIpc) is 3.88. The molecular formula is C37H29BrN2O6. The Labute approximate surface area is 272 Å². The van der Waals surface area contributed by atoms with Crippen LogP contribution in [-0.4, -0.2) is 42.7 Å². The Kier molecular flexibility index (Phi) is 7.25. The van der Waals surface area contributed by atoms with E-state index < -0.39 is 12.0 Å². The summed E-state index contributed by atoms with van der Waals surface area (Å²) in [5.41, 5.74) is 6.26. The lowest BCUT2D eigenvalue weighted by Gasteiger charge is -2.20. The van der Waals surface area contributed by atoms with Gasteiger partial charge in [0.15, 0.2) is 0 Å². The van der Waals surface area contributed by atoms with Crippen LogP contribution in [0.1, 0.15) is 37.4 Å². The Morgan fingerprint density at radius 1 is 0.891 bits per heavy atom. The molecule has 2 aliphatic heterocycles. The van der Waals surface area contributed by atoms with E-state index in [0.29, 0.717) is 54.4 Å². The van der Waals surface area contributed by atoms with Gasteiger partial charge in [-0.05, 0) is 65.6 Å². The molecule has 0 bridgehead atoms. The number of hydrogen-bond donors (Lipinski definition) is 2. The average molecular weight is 678 g/mol. The molecule has 0 saturated heterocycles. The number of ether oxygens (including phenoxy) is 3. The van der Waals surface area contributed by atoms with E-state index in [2.05, 4.69) is 26.2 Å². The molecule has 0 saturated carbocycles. The van der Waals surface area contributed by atoms with E-state index in [1.165, 1.54) is 0 Å². The zero-order chi connectivity index (χ0) is 31.2. The van der Waals surface area contributed by atoms with Crippen LogP contribution in [0.4, 0.5) is 0 Å². The highest BCUT2D eigenvalue weighted by molar-refractivity contribution is 9.10. The first-order chi connectivity index (χ1) is 22.5. The predicted molar refractivity (Wildman–Crippen MR) is 178 cm³/mol. The molecule has 46 heavy (non-hydrogen) atoms. The second-order valence-corrected chi connectivity index (χ2v) is 12.5. The summed E-state index contributed by atoms with van der Waals surface area (Å²) in [7, 11) is 0. The Balaban J connectivity index is 1.10. The fraction of sp³-hybridized carbons (Fsp3) is 0.189. The number of rotatable bonds is 8. The van der Waals surface area contributed by atoms with Gasteiger partial charge in [-0.15, -0.1) is 0 Å². The smallest absolute Gasteiger partial charge is 0.342 e. The molecule has 1 atom stereocenters. The van der Waals surface area contributed by atoms with Crippen molar-refractivity contribution < 1.29 is 28.2 Å². The summed E-state index contributed by atoms with van der Waals surface area (Å²) < 4.78 is 24.5. The lowest BCUT2D eigenvalue weighted by Crippen LogP contribution is -2.40. The molecular weight excluding hydrogens is 648 g/mol. The highest BCUT2D eigenvalue weighted by Crippen LogP contribution is 2.37. The highest BCUT2D eigenvalue weighted by Gasteiger charge is 2.28. The quantitative estimate of drug-likeness (QED) is 0.163. The van der Waals surface area contributed by atoms with Gasteiger partial charge < -0.3 is 28.9 Å². The zero-order valence-electron chi connectivity index (χ0n) is 24.7. The number of H-pyrrole nitrogens is 1. The maximum Gasteiger partial charge on any atom is 0.342 e. The normalized spacial score (nSPS) is 14.0. The second kappa shape index (κ2) is 11.7. The third kappa shape index (κ3) is 5.30. The molecule has 4 heterocycles. The van der Waals surface area contributed by atoms with Crippen molar-refractivity contribution in [3.8, 4) is 22.8 Å². The van der Waals surface area contributed by atoms with Crippen molar-refractivity contribution in [2.45, 2.75) is 25.3 Å². The van der Waals surface area contributed by atoms with Crippen LogP contribution in [0.5, 0.6) is 11.5 Å². The standard InChI is InChI=1S/C37H29BrN2O6/c38-26-14-23-10-12-44-35(23)30(18-26)37(42)45-20-27(15-25-19-39-31-7-3-2-6-28(25)31)40-36(41)29-16-24(13-22-9-11-43-34(22)29)33-17-21-5-1-4-8-32(21)46-33/h1-8,13-14,16-19,27,39H,9-12,15,20H2,(H,40,41)/t27-/m1/s1. The van der Waals surface area contributed by atoms with E-state index in [1.54, 1.807) is 6.07 Å². The molecule has 0 aliphatic carbocycles. The maximum atomic E-state index is 14.1. The van der Waals surface area contributed by atoms with Crippen molar-refractivity contribution >= 4 is 49.7 Å². The van der Waals surface area contributed by atoms with Gasteiger partial charge in [0.1, 0.15) is 35.0 Å². The lowest BCUT2D eigenvalue weighted by atomic mass is 10.00. The molecule has 0 radical (unpaired) electrons. The summed E-state index contributed by atoms with van der Waals surface area (Å²) in [6.07, 6.45) is 3.79. The Bertz CT molecular complexity index is 2110. The molecule has 2 N–H and O–H groups in total. The molecule has 1 amide bonds. The Hall–Kier alpha value is -5.02. The van der Waals surface area contributed by atoms with E-state index in [9.17, 15) is 9.59 Å². The number of amides is 1. The molecule has 8 nitrogen and oxygen atoms in total. The fourth-order valence-corrected chi connectivity index (χ4v) is 6.90. The van der Waals surface area contributed by atoms with Crippen LogP contribution in [0.2, 0.25) is 0 Å². The van der Waals surface area contributed by atoms with Crippen LogP contribution in [0.25, 0.3) is 33.2 Å². The number of furan rings is 1. The number of carbonyl (C=O) groups is 2. The third-order valence-corrected chi connectivity index (χ3v) is 9.06. The molecule has 6 aromatic rings. The molecule has 230 valence electrons. The SMILES string of the molecule is O=C(N[C@@H](COC(=O)c1cc(Br)cc2c1OCC2)Cc1c[nH]c2ccccc12)c1cc(-c2cc3ccccc3o2)cc2c1OCC2. The van der Waals surface area contributed by atoms with Gasteiger partial charge in [0, 0.05) is 45.4 Å². The minimum absolute atomic E-state index is 0.0440. The molecule has 4 aromatic carbocycles. The van der Waals surface area contributed by atoms with E-state index in [-0.39, 0.29) is 12.5 Å². The predicted octanol–water partition coefficient (Wildman–Crippen LogP) is 7.41. The van der Waals surface area contributed by atoms with Crippen molar-refractivity contribution in [3.05, 3.63) is 117 Å². The van der Waals surface area contributed by atoms with Crippen LogP contribution in [0.15, 0.2) is 93.9 Å². The minimum atomic E-state index is -0.538. The topological polar surface area (TPSA) is 103 Å². The van der Waals surface area contributed by atoms with Crippen LogP contribution in [0, 0.1) is 0 Å². The number of nitrogens with one attached hydrogen (secondary N) is 2. The number of halogens is 1. The molecule has 9 heteroatoms. The van der Waals surface area contributed by atoms with Gasteiger partial charge in [0.2, 0.25) is 0 Å². The van der Waals surface area contributed by atoms with E-state index in [1.807, 2.05) is 79.0 Å². The lowest BCUT2D eigenvalue weighted by molar-refractivity contribution is 0.0452. The number of aromatic amines is 1. The van der Waals surface area contributed by atoms with Crippen molar-refractivity contribution in [2.75, 3.05) is 19.8 Å². The molecule has 2 aliphatic rings. The van der Waals surface area contributed by atoms with Crippen molar-refractivity contribution in [1.82, 2.24) is 10.3 Å². The summed E-state index contributed by atoms with van der Waals surface area (Å²) in [6.45, 7) is 0.969. The highest BCUT2D eigenvalue weighted by atomic mass is 79.9. The molecule has 8 rings (SSSR count). The minimum Gasteiger partial charge on any atom is -0.492 e. The van der Waals surface area contributed by atoms with Gasteiger partial charge in [-0.25, -0.2) is 4.79 Å². The molecule has 0 fully saturated rings. The molecule has 2 aromatic heterocycles. The maximum absolute atomic E-state index is 14.1. The van der Waals surface area contributed by atoms with Gasteiger partial charge in [0.25, 0.3) is 5.91 Å². The molecule has 0 spiro atoms. The Morgan fingerprint density at radius 2 is 1.65 bits per heavy atom. The number of para-hydroxylation sites is 2. The second-order valence-electron chi connectivity index (χ2n) is 11.6. The van der Waals surface area contributed by atoms with Gasteiger partial charge in [-0.3, -0.25) is 4.79 Å². The Morgan fingerprint density at radius 3 is 2.50 bits per heavy atom. The van der Waals surface area contributed by atoms with Gasteiger partial charge in [-0.2, -0.15) is 0 Å². The summed E-state index contributed by atoms with van der Waals surface area (Å²) >= 11 is 3.50.